The third-order valence-corrected chi connectivity index (χ3v) is 9.26. The molecule has 6 rings (SSSR count). The number of halogens is 1. The molecule has 2 aromatic heterocycles. The van der Waals surface area contributed by atoms with E-state index in [0.717, 1.165) is 22.3 Å². The quantitative estimate of drug-likeness (QED) is 0.241. The van der Waals surface area contributed by atoms with Crippen LogP contribution in [0.5, 0.6) is 5.75 Å². The number of hydrogen-bond acceptors (Lipinski definition) is 8. The number of methoxy groups -OCH3 is 1. The minimum Gasteiger partial charge on any atom is -0.495 e. The summed E-state index contributed by atoms with van der Waals surface area (Å²) in [5, 5.41) is 7.68. The van der Waals surface area contributed by atoms with Gasteiger partial charge in [0.25, 0.3) is 0 Å². The number of ketones is 1. The SMILES string of the molecule is COc1cc(S(=O)(=O)N2CCOCC2)ccc1Nc1nc2ccc(-c3ccc(CC(=O)Cc4ccc(F)cc4)cc3)cn2n1. The molecule has 5 aromatic rings. The van der Waals surface area contributed by atoms with Crippen LogP contribution >= 0.6 is 0 Å². The predicted molar refractivity (Wildman–Crippen MR) is 163 cm³/mol. The first-order valence-corrected chi connectivity index (χ1v) is 15.5. The highest BCUT2D eigenvalue weighted by Gasteiger charge is 2.27. The van der Waals surface area contributed by atoms with E-state index in [2.05, 4.69) is 15.4 Å². The van der Waals surface area contributed by atoms with Crippen molar-refractivity contribution < 1.29 is 27.1 Å². The molecule has 0 spiro atoms. The number of hydrogen-bond donors (Lipinski definition) is 1. The third-order valence-electron chi connectivity index (χ3n) is 7.36. The van der Waals surface area contributed by atoms with Gasteiger partial charge in [-0.1, -0.05) is 36.4 Å². The Balaban J connectivity index is 1.14. The Morgan fingerprint density at radius 2 is 1.59 bits per heavy atom. The van der Waals surface area contributed by atoms with Crippen molar-refractivity contribution in [3.63, 3.8) is 0 Å². The van der Waals surface area contributed by atoms with Crippen LogP contribution in [0.25, 0.3) is 16.8 Å². The number of carbonyl (C=O) groups is 1. The van der Waals surface area contributed by atoms with Crippen molar-refractivity contribution in [3.05, 3.63) is 102 Å². The lowest BCUT2D eigenvalue weighted by atomic mass is 10.0. The molecule has 1 N–H and O–H groups in total. The highest BCUT2D eigenvalue weighted by molar-refractivity contribution is 7.89. The average molecular weight is 616 g/mol. The van der Waals surface area contributed by atoms with Crippen LogP contribution in [0, 0.1) is 5.82 Å². The zero-order valence-electron chi connectivity index (χ0n) is 23.9. The molecule has 226 valence electrons. The number of pyridine rings is 1. The van der Waals surface area contributed by atoms with E-state index in [-0.39, 0.29) is 22.9 Å². The minimum atomic E-state index is -3.68. The van der Waals surface area contributed by atoms with E-state index in [1.165, 1.54) is 35.7 Å². The van der Waals surface area contributed by atoms with Gasteiger partial charge in [-0.25, -0.2) is 17.3 Å². The van der Waals surface area contributed by atoms with E-state index >= 15 is 0 Å². The molecule has 0 aliphatic carbocycles. The second kappa shape index (κ2) is 12.5. The summed E-state index contributed by atoms with van der Waals surface area (Å²) in [5.41, 5.74) is 4.68. The van der Waals surface area contributed by atoms with Crippen molar-refractivity contribution in [2.75, 3.05) is 38.7 Å². The number of aromatic nitrogens is 3. The third kappa shape index (κ3) is 6.47. The lowest BCUT2D eigenvalue weighted by Crippen LogP contribution is -2.40. The second-order valence-corrected chi connectivity index (χ2v) is 12.3. The van der Waals surface area contributed by atoms with E-state index in [0.29, 0.717) is 55.8 Å². The van der Waals surface area contributed by atoms with Gasteiger partial charge in [0.2, 0.25) is 16.0 Å². The number of sulfonamides is 1. The number of rotatable bonds is 10. The van der Waals surface area contributed by atoms with Gasteiger partial charge >= 0.3 is 0 Å². The van der Waals surface area contributed by atoms with E-state index < -0.39 is 10.0 Å². The number of Topliss-reactive ketones (excluding diaryl/α,β-unsaturated/α-hetero) is 1. The van der Waals surface area contributed by atoms with Crippen LogP contribution in [0.15, 0.2) is 90.0 Å². The van der Waals surface area contributed by atoms with Crippen molar-refractivity contribution in [2.45, 2.75) is 17.7 Å². The van der Waals surface area contributed by atoms with Crippen LogP contribution in [-0.2, 0) is 32.4 Å². The number of ether oxygens (including phenoxy) is 2. The van der Waals surface area contributed by atoms with Gasteiger partial charge in [-0.05, 0) is 53.1 Å². The van der Waals surface area contributed by atoms with Crippen LogP contribution < -0.4 is 10.1 Å². The van der Waals surface area contributed by atoms with Crippen LogP contribution in [0.3, 0.4) is 0 Å². The summed E-state index contributed by atoms with van der Waals surface area (Å²) in [6.07, 6.45) is 2.40. The number of morpholine rings is 1. The molecular formula is C32H30FN5O5S. The molecular weight excluding hydrogens is 585 g/mol. The number of anilines is 2. The number of benzene rings is 3. The lowest BCUT2D eigenvalue weighted by Gasteiger charge is -2.26. The molecule has 0 bridgehead atoms. The molecule has 10 nitrogen and oxygen atoms in total. The summed E-state index contributed by atoms with van der Waals surface area (Å²) in [6.45, 7) is 1.34. The highest BCUT2D eigenvalue weighted by Crippen LogP contribution is 2.31. The van der Waals surface area contributed by atoms with Gasteiger partial charge in [0.1, 0.15) is 17.3 Å². The first-order valence-electron chi connectivity index (χ1n) is 14.0. The van der Waals surface area contributed by atoms with Crippen molar-refractivity contribution >= 4 is 33.1 Å². The van der Waals surface area contributed by atoms with Gasteiger partial charge in [-0.2, -0.15) is 9.29 Å². The molecule has 3 heterocycles. The smallest absolute Gasteiger partial charge is 0.247 e. The summed E-state index contributed by atoms with van der Waals surface area (Å²) >= 11 is 0. The monoisotopic (exact) mass is 615 g/mol. The zero-order valence-corrected chi connectivity index (χ0v) is 24.8. The van der Waals surface area contributed by atoms with Crippen molar-refractivity contribution in [3.8, 4) is 16.9 Å². The molecule has 44 heavy (non-hydrogen) atoms. The molecule has 0 amide bonds. The molecule has 0 atom stereocenters. The Kier molecular flexibility index (Phi) is 8.38. The van der Waals surface area contributed by atoms with Crippen LogP contribution in [0.4, 0.5) is 16.0 Å². The fourth-order valence-electron chi connectivity index (χ4n) is 5.03. The Morgan fingerprint density at radius 3 is 2.27 bits per heavy atom. The first-order chi connectivity index (χ1) is 21.3. The van der Waals surface area contributed by atoms with Gasteiger partial charge < -0.3 is 14.8 Å². The maximum atomic E-state index is 13.1. The van der Waals surface area contributed by atoms with Crippen LogP contribution in [0.1, 0.15) is 11.1 Å². The van der Waals surface area contributed by atoms with Crippen LogP contribution in [-0.4, -0.2) is 66.5 Å². The topological polar surface area (TPSA) is 115 Å². The Morgan fingerprint density at radius 1 is 0.932 bits per heavy atom. The van der Waals surface area contributed by atoms with Crippen molar-refractivity contribution in [2.24, 2.45) is 0 Å². The van der Waals surface area contributed by atoms with Crippen molar-refractivity contribution in [1.29, 1.82) is 0 Å². The summed E-state index contributed by atoms with van der Waals surface area (Å²) in [7, 11) is -2.20. The molecule has 1 aliphatic rings. The molecule has 0 radical (unpaired) electrons. The van der Waals surface area contributed by atoms with E-state index in [1.54, 1.807) is 22.7 Å². The number of nitrogens with zero attached hydrogens (tertiary/aromatic N) is 4. The molecule has 1 fully saturated rings. The number of fused-ring (bicyclic) bond motifs is 1. The summed E-state index contributed by atoms with van der Waals surface area (Å²) in [6, 6.07) is 22.2. The summed E-state index contributed by atoms with van der Waals surface area (Å²) < 4.78 is 53.1. The fraction of sp³-hybridized carbons (Fsp3) is 0.219. The summed E-state index contributed by atoms with van der Waals surface area (Å²) in [5.74, 6) is 0.394. The van der Waals surface area contributed by atoms with Crippen LogP contribution in [0.2, 0.25) is 0 Å². The Labute approximate surface area is 254 Å². The van der Waals surface area contributed by atoms with E-state index in [1.807, 2.05) is 42.6 Å². The summed E-state index contributed by atoms with van der Waals surface area (Å²) in [4.78, 5) is 17.2. The van der Waals surface area contributed by atoms with Gasteiger partial charge in [0, 0.05) is 43.8 Å². The molecule has 0 unspecified atom stereocenters. The maximum Gasteiger partial charge on any atom is 0.247 e. The highest BCUT2D eigenvalue weighted by atomic mass is 32.2. The maximum absolute atomic E-state index is 13.1. The standard InChI is InChI=1S/C32H30FN5O5S/c1-42-30-20-28(44(40,41)37-14-16-43-17-15-37)11-12-29(30)34-32-35-31-13-8-25(21-38(31)36-32)24-6-2-22(3-7-24)18-27(39)19-23-4-9-26(33)10-5-23/h2-13,20-21H,14-19H2,1H3,(H,34,36). The van der Waals surface area contributed by atoms with E-state index in [9.17, 15) is 17.6 Å². The molecule has 12 heteroatoms. The van der Waals surface area contributed by atoms with Crippen molar-refractivity contribution in [1.82, 2.24) is 18.9 Å². The second-order valence-electron chi connectivity index (χ2n) is 10.4. The zero-order chi connectivity index (χ0) is 30.7. The molecule has 1 saturated heterocycles. The van der Waals surface area contributed by atoms with Gasteiger partial charge in [-0.15, -0.1) is 5.10 Å². The largest absolute Gasteiger partial charge is 0.495 e. The molecule has 1 aliphatic heterocycles. The lowest BCUT2D eigenvalue weighted by molar-refractivity contribution is -0.117. The number of nitrogens with one attached hydrogen (secondary N) is 1. The average Bonchev–Trinajstić information content (AvgIpc) is 3.44. The molecule has 3 aromatic carbocycles. The fourth-order valence-corrected chi connectivity index (χ4v) is 6.46. The minimum absolute atomic E-state index is 0.0541. The van der Waals surface area contributed by atoms with Gasteiger partial charge in [0.05, 0.1) is 30.9 Å². The Hall–Kier alpha value is -4.65. The van der Waals surface area contributed by atoms with E-state index in [4.69, 9.17) is 9.47 Å². The number of carbonyl (C=O) groups excluding carboxylic acids is 1. The molecule has 0 saturated carbocycles. The van der Waals surface area contributed by atoms with Gasteiger partial charge in [0.15, 0.2) is 5.65 Å². The Bertz CT molecular complexity index is 1900. The normalized spacial score (nSPS) is 14.0. The first kappa shape index (κ1) is 29.4. The van der Waals surface area contributed by atoms with Gasteiger partial charge in [-0.3, -0.25) is 4.79 Å². The predicted octanol–water partition coefficient (Wildman–Crippen LogP) is 4.66.